The third-order valence-electron chi connectivity index (χ3n) is 1.52. The van der Waals surface area contributed by atoms with Gasteiger partial charge in [0.1, 0.15) is 6.29 Å². The lowest BCUT2D eigenvalue weighted by Gasteiger charge is -2.08. The van der Waals surface area contributed by atoms with Crippen LogP contribution in [0.4, 0.5) is 13.2 Å². The zero-order valence-electron chi connectivity index (χ0n) is 6.32. The summed E-state index contributed by atoms with van der Waals surface area (Å²) in [6, 6.07) is 0. The van der Waals surface area contributed by atoms with Crippen molar-refractivity contribution in [2.75, 3.05) is 0 Å². The Hall–Kier alpha value is -0.540. The minimum atomic E-state index is -4.13. The summed E-state index contributed by atoms with van der Waals surface area (Å²) in [6.45, 7) is 1.70. The first-order chi connectivity index (χ1) is 4.99. The van der Waals surface area contributed by atoms with Crippen LogP contribution in [0.2, 0.25) is 0 Å². The molecule has 11 heavy (non-hydrogen) atoms. The van der Waals surface area contributed by atoms with Gasteiger partial charge >= 0.3 is 6.18 Å². The summed E-state index contributed by atoms with van der Waals surface area (Å²) >= 11 is 0. The van der Waals surface area contributed by atoms with Gasteiger partial charge in [0, 0.05) is 12.3 Å². The lowest BCUT2D eigenvalue weighted by molar-refractivity contribution is -0.138. The van der Waals surface area contributed by atoms with Gasteiger partial charge in [-0.3, -0.25) is 0 Å². The van der Waals surface area contributed by atoms with Crippen molar-refractivity contribution >= 4 is 6.29 Å². The van der Waals surface area contributed by atoms with Gasteiger partial charge in [0.05, 0.1) is 0 Å². The first-order valence-electron chi connectivity index (χ1n) is 3.51. The second-order valence-corrected chi connectivity index (χ2v) is 2.46. The molecule has 4 heteroatoms. The predicted molar refractivity (Wildman–Crippen MR) is 35.1 cm³/mol. The molecule has 0 amide bonds. The highest BCUT2D eigenvalue weighted by atomic mass is 19.4. The molecule has 0 aliphatic heterocycles. The summed E-state index contributed by atoms with van der Waals surface area (Å²) in [6.07, 6.45) is -3.99. The number of rotatable bonds is 4. The van der Waals surface area contributed by atoms with E-state index in [0.29, 0.717) is 12.7 Å². The quantitative estimate of drug-likeness (QED) is 0.589. The monoisotopic (exact) mass is 168 g/mol. The first kappa shape index (κ1) is 10.5. The molecule has 0 aromatic heterocycles. The van der Waals surface area contributed by atoms with Gasteiger partial charge < -0.3 is 4.79 Å². The van der Waals surface area contributed by atoms with Gasteiger partial charge in [-0.15, -0.1) is 0 Å². The second-order valence-electron chi connectivity index (χ2n) is 2.46. The van der Waals surface area contributed by atoms with Crippen molar-refractivity contribution in [1.29, 1.82) is 0 Å². The molecule has 0 heterocycles. The van der Waals surface area contributed by atoms with E-state index in [1.165, 1.54) is 0 Å². The fraction of sp³-hybridized carbons (Fsp3) is 0.857. The Balaban J connectivity index is 3.59. The second kappa shape index (κ2) is 4.36. The number of aldehydes is 1. The molecule has 1 unspecified atom stereocenters. The fourth-order valence-electron chi connectivity index (χ4n) is 0.717. The minimum Gasteiger partial charge on any atom is -0.303 e. The molecule has 1 nitrogen and oxygen atoms in total. The highest BCUT2D eigenvalue weighted by molar-refractivity contribution is 5.53. The van der Waals surface area contributed by atoms with Gasteiger partial charge in [-0.05, 0) is 12.8 Å². The van der Waals surface area contributed by atoms with Crippen LogP contribution in [0.1, 0.15) is 26.2 Å². The zero-order chi connectivity index (χ0) is 8.91. The van der Waals surface area contributed by atoms with Gasteiger partial charge in [0.15, 0.2) is 0 Å². The third kappa shape index (κ3) is 5.88. The smallest absolute Gasteiger partial charge is 0.303 e. The molecule has 0 N–H and O–H groups in total. The highest BCUT2D eigenvalue weighted by Crippen LogP contribution is 2.24. The Morgan fingerprint density at radius 1 is 1.45 bits per heavy atom. The lowest BCUT2D eigenvalue weighted by Crippen LogP contribution is -2.11. The summed E-state index contributed by atoms with van der Waals surface area (Å²) in [5.74, 6) is -0.434. The third-order valence-corrected chi connectivity index (χ3v) is 1.52. The molecule has 0 bridgehead atoms. The number of halogens is 3. The largest absolute Gasteiger partial charge is 0.389 e. The summed E-state index contributed by atoms with van der Waals surface area (Å²) in [5.41, 5.74) is 0. The topological polar surface area (TPSA) is 17.1 Å². The van der Waals surface area contributed by atoms with E-state index in [4.69, 9.17) is 0 Å². The lowest BCUT2D eigenvalue weighted by atomic mass is 10.0. The van der Waals surface area contributed by atoms with E-state index in [0.717, 1.165) is 0 Å². The zero-order valence-corrected chi connectivity index (χ0v) is 6.32. The van der Waals surface area contributed by atoms with Crippen LogP contribution < -0.4 is 0 Å². The Morgan fingerprint density at radius 3 is 2.27 bits per heavy atom. The van der Waals surface area contributed by atoms with Crippen molar-refractivity contribution in [3.63, 3.8) is 0 Å². The van der Waals surface area contributed by atoms with Crippen LogP contribution in [0.5, 0.6) is 0 Å². The van der Waals surface area contributed by atoms with E-state index in [1.54, 1.807) is 6.92 Å². The van der Waals surface area contributed by atoms with E-state index in [-0.39, 0.29) is 6.42 Å². The number of alkyl halides is 3. The van der Waals surface area contributed by atoms with E-state index in [1.807, 2.05) is 0 Å². The molecule has 0 rings (SSSR count). The van der Waals surface area contributed by atoms with Crippen molar-refractivity contribution < 1.29 is 18.0 Å². The molecule has 0 saturated carbocycles. The fourth-order valence-corrected chi connectivity index (χ4v) is 0.717. The average Bonchev–Trinajstić information content (AvgIpc) is 1.88. The molecule has 0 aliphatic rings. The average molecular weight is 168 g/mol. The van der Waals surface area contributed by atoms with Crippen molar-refractivity contribution in [1.82, 2.24) is 0 Å². The molecule has 0 aromatic rings. The van der Waals surface area contributed by atoms with E-state index < -0.39 is 18.5 Å². The molecular formula is C7H11F3O. The van der Waals surface area contributed by atoms with Crippen LogP contribution in [0.15, 0.2) is 0 Å². The summed E-state index contributed by atoms with van der Waals surface area (Å²) in [7, 11) is 0. The van der Waals surface area contributed by atoms with Crippen molar-refractivity contribution in [3.8, 4) is 0 Å². The van der Waals surface area contributed by atoms with Gasteiger partial charge in [0.2, 0.25) is 0 Å². The van der Waals surface area contributed by atoms with Crippen LogP contribution in [0.3, 0.4) is 0 Å². The molecule has 1 atom stereocenters. The molecule has 0 spiro atoms. The Bertz CT molecular complexity index is 119. The molecule has 0 radical (unpaired) electrons. The number of hydrogen-bond donors (Lipinski definition) is 0. The highest BCUT2D eigenvalue weighted by Gasteiger charge is 2.27. The molecule has 0 saturated heterocycles. The number of carbonyl (C=O) groups excluding carboxylic acids is 1. The van der Waals surface area contributed by atoms with Gasteiger partial charge in [-0.2, -0.15) is 13.2 Å². The van der Waals surface area contributed by atoms with E-state index in [2.05, 4.69) is 0 Å². The SMILES string of the molecule is CCC(C=O)CCC(F)(F)F. The van der Waals surface area contributed by atoms with Gasteiger partial charge in [-0.25, -0.2) is 0 Å². The summed E-state index contributed by atoms with van der Waals surface area (Å²) in [5, 5.41) is 0. The van der Waals surface area contributed by atoms with Crippen molar-refractivity contribution in [2.24, 2.45) is 5.92 Å². The van der Waals surface area contributed by atoms with Crippen molar-refractivity contribution in [2.45, 2.75) is 32.4 Å². The van der Waals surface area contributed by atoms with Crippen LogP contribution in [0.25, 0.3) is 0 Å². The van der Waals surface area contributed by atoms with E-state index >= 15 is 0 Å². The minimum absolute atomic E-state index is 0.0799. The molecule has 0 aliphatic carbocycles. The normalized spacial score (nSPS) is 14.5. The molecule has 66 valence electrons. The summed E-state index contributed by atoms with van der Waals surface area (Å²) < 4.78 is 34.7. The number of hydrogen-bond acceptors (Lipinski definition) is 1. The van der Waals surface area contributed by atoms with Gasteiger partial charge in [0.25, 0.3) is 0 Å². The maximum Gasteiger partial charge on any atom is 0.389 e. The molecule has 0 fully saturated rings. The van der Waals surface area contributed by atoms with Crippen LogP contribution >= 0.6 is 0 Å². The van der Waals surface area contributed by atoms with Gasteiger partial charge in [-0.1, -0.05) is 6.92 Å². The van der Waals surface area contributed by atoms with Crippen LogP contribution in [0, 0.1) is 5.92 Å². The molecule has 0 aromatic carbocycles. The van der Waals surface area contributed by atoms with Crippen LogP contribution in [-0.2, 0) is 4.79 Å². The van der Waals surface area contributed by atoms with Crippen LogP contribution in [-0.4, -0.2) is 12.5 Å². The maximum absolute atomic E-state index is 11.6. The Kier molecular flexibility index (Phi) is 4.15. The Labute approximate surface area is 63.6 Å². The van der Waals surface area contributed by atoms with Crippen molar-refractivity contribution in [3.05, 3.63) is 0 Å². The molecular weight excluding hydrogens is 157 g/mol. The first-order valence-corrected chi connectivity index (χ1v) is 3.51. The number of carbonyl (C=O) groups is 1. The summed E-state index contributed by atoms with van der Waals surface area (Å²) in [4.78, 5) is 10.1. The maximum atomic E-state index is 11.6. The predicted octanol–water partition coefficient (Wildman–Crippen LogP) is 2.55. The standard InChI is InChI=1S/C7H11F3O/c1-2-6(5-11)3-4-7(8,9)10/h5-6H,2-4H2,1H3. The van der Waals surface area contributed by atoms with E-state index in [9.17, 15) is 18.0 Å². The Morgan fingerprint density at radius 2 is 2.00 bits per heavy atom.